The molecule has 0 spiro atoms. The molecule has 3 N–H and O–H groups in total. The molecule has 17 heavy (non-hydrogen) atoms. The third-order valence-corrected chi connectivity index (χ3v) is 3.45. The van der Waals surface area contributed by atoms with Crippen LogP contribution in [0.4, 0.5) is 5.82 Å². The summed E-state index contributed by atoms with van der Waals surface area (Å²) in [6, 6.07) is 6.07. The number of ether oxygens (including phenoxy) is 1. The number of rotatable bonds is 4. The zero-order chi connectivity index (χ0) is 12.1. The Kier molecular flexibility index (Phi) is 4.20. The van der Waals surface area contributed by atoms with Gasteiger partial charge < -0.3 is 15.8 Å². The first kappa shape index (κ1) is 12.2. The lowest BCUT2D eigenvalue weighted by Gasteiger charge is -2.28. The average molecular weight is 235 g/mol. The summed E-state index contributed by atoms with van der Waals surface area (Å²) in [5.74, 6) is 2.07. The van der Waals surface area contributed by atoms with E-state index in [1.165, 1.54) is 19.3 Å². The fraction of sp³-hybridized carbons (Fsp3) is 0.615. The molecule has 2 rings (SSSR count). The summed E-state index contributed by atoms with van der Waals surface area (Å²) in [6.45, 7) is 0.904. The summed E-state index contributed by atoms with van der Waals surface area (Å²) >= 11 is 0. The third kappa shape index (κ3) is 3.33. The van der Waals surface area contributed by atoms with Crippen molar-refractivity contribution in [3.05, 3.63) is 18.2 Å². The molecule has 1 aliphatic rings. The van der Waals surface area contributed by atoms with E-state index < -0.39 is 0 Å². The second-order valence-electron chi connectivity index (χ2n) is 4.65. The van der Waals surface area contributed by atoms with Gasteiger partial charge in [-0.15, -0.1) is 0 Å². The van der Waals surface area contributed by atoms with E-state index in [0.29, 0.717) is 17.8 Å². The van der Waals surface area contributed by atoms with E-state index in [-0.39, 0.29) is 0 Å². The quantitative estimate of drug-likeness (QED) is 0.838. The van der Waals surface area contributed by atoms with E-state index in [9.17, 15) is 0 Å². The molecule has 1 aliphatic carbocycles. The zero-order valence-corrected chi connectivity index (χ0v) is 10.4. The van der Waals surface area contributed by atoms with Crippen molar-refractivity contribution in [2.45, 2.75) is 31.7 Å². The van der Waals surface area contributed by atoms with Gasteiger partial charge in [-0.2, -0.15) is 4.98 Å². The predicted molar refractivity (Wildman–Crippen MR) is 69.2 cm³/mol. The Bertz CT molecular complexity index is 356. The molecule has 0 saturated heterocycles. The first-order valence-electron chi connectivity index (χ1n) is 6.30. The van der Waals surface area contributed by atoms with Crippen LogP contribution in [-0.2, 0) is 0 Å². The first-order chi connectivity index (χ1) is 8.29. The van der Waals surface area contributed by atoms with Crippen LogP contribution >= 0.6 is 0 Å². The number of nitrogens with zero attached hydrogens (tertiary/aromatic N) is 1. The molecule has 0 aliphatic heterocycles. The lowest BCUT2D eigenvalue weighted by Crippen LogP contribution is -2.37. The van der Waals surface area contributed by atoms with E-state index in [0.717, 1.165) is 18.8 Å². The second kappa shape index (κ2) is 5.87. The highest BCUT2D eigenvalue weighted by molar-refractivity contribution is 5.37. The molecule has 1 fully saturated rings. The molecule has 4 heteroatoms. The van der Waals surface area contributed by atoms with Gasteiger partial charge in [-0.1, -0.05) is 18.9 Å². The Balaban J connectivity index is 1.88. The molecule has 1 saturated carbocycles. The molecule has 0 bridgehead atoms. The van der Waals surface area contributed by atoms with Gasteiger partial charge >= 0.3 is 0 Å². The molecular formula is C13H21N3O. The summed E-state index contributed by atoms with van der Waals surface area (Å²) in [6.07, 6.45) is 4.94. The number of hydrogen-bond donors (Lipinski definition) is 2. The van der Waals surface area contributed by atoms with Crippen molar-refractivity contribution in [3.63, 3.8) is 0 Å². The number of anilines is 1. The third-order valence-electron chi connectivity index (χ3n) is 3.45. The Morgan fingerprint density at radius 3 is 3.00 bits per heavy atom. The molecule has 0 radical (unpaired) electrons. The van der Waals surface area contributed by atoms with Crippen LogP contribution in [0.3, 0.4) is 0 Å². The lowest BCUT2D eigenvalue weighted by atomic mass is 9.85. The predicted octanol–water partition coefficient (Wildman–Crippen LogP) is 2.02. The number of nitrogens with two attached hydrogens (primary N) is 1. The molecule has 1 heterocycles. The van der Waals surface area contributed by atoms with E-state index in [2.05, 4.69) is 10.3 Å². The van der Waals surface area contributed by atoms with Gasteiger partial charge in [-0.25, -0.2) is 0 Å². The SMILES string of the molecule is COc1cccc(NCC2CCCCC2N)n1. The van der Waals surface area contributed by atoms with Crippen LogP contribution in [0.1, 0.15) is 25.7 Å². The minimum Gasteiger partial charge on any atom is -0.481 e. The zero-order valence-electron chi connectivity index (χ0n) is 10.4. The molecular weight excluding hydrogens is 214 g/mol. The Morgan fingerprint density at radius 2 is 2.24 bits per heavy atom. The van der Waals surface area contributed by atoms with Crippen LogP contribution in [-0.4, -0.2) is 24.7 Å². The number of aromatic nitrogens is 1. The van der Waals surface area contributed by atoms with E-state index >= 15 is 0 Å². The van der Waals surface area contributed by atoms with Gasteiger partial charge in [0.2, 0.25) is 5.88 Å². The van der Waals surface area contributed by atoms with Crippen molar-refractivity contribution < 1.29 is 4.74 Å². The van der Waals surface area contributed by atoms with Gasteiger partial charge in [-0.3, -0.25) is 0 Å². The van der Waals surface area contributed by atoms with Crippen LogP contribution in [0.15, 0.2) is 18.2 Å². The Hall–Kier alpha value is -1.29. The highest BCUT2D eigenvalue weighted by atomic mass is 16.5. The number of nitrogens with one attached hydrogen (secondary N) is 1. The number of hydrogen-bond acceptors (Lipinski definition) is 4. The maximum atomic E-state index is 6.11. The summed E-state index contributed by atoms with van der Waals surface area (Å²) < 4.78 is 5.09. The van der Waals surface area contributed by atoms with E-state index in [4.69, 9.17) is 10.5 Å². The maximum absolute atomic E-state index is 6.11. The maximum Gasteiger partial charge on any atom is 0.214 e. The van der Waals surface area contributed by atoms with Crippen molar-refractivity contribution in [2.75, 3.05) is 19.0 Å². The normalized spacial score (nSPS) is 24.4. The summed E-state index contributed by atoms with van der Waals surface area (Å²) in [5, 5.41) is 3.35. The number of methoxy groups -OCH3 is 1. The average Bonchev–Trinajstić information content (AvgIpc) is 2.38. The van der Waals surface area contributed by atoms with Crippen LogP contribution in [0, 0.1) is 5.92 Å². The van der Waals surface area contributed by atoms with Crippen molar-refractivity contribution in [1.82, 2.24) is 4.98 Å². The van der Waals surface area contributed by atoms with E-state index in [1.54, 1.807) is 7.11 Å². The van der Waals surface area contributed by atoms with Gasteiger partial charge in [0.15, 0.2) is 0 Å². The van der Waals surface area contributed by atoms with Crippen molar-refractivity contribution in [1.29, 1.82) is 0 Å². The van der Waals surface area contributed by atoms with Crippen LogP contribution < -0.4 is 15.8 Å². The summed E-state index contributed by atoms with van der Waals surface area (Å²) in [7, 11) is 1.63. The van der Waals surface area contributed by atoms with Crippen LogP contribution in [0.5, 0.6) is 5.88 Å². The fourth-order valence-electron chi connectivity index (χ4n) is 2.35. The fourth-order valence-corrected chi connectivity index (χ4v) is 2.35. The Labute approximate surface area is 103 Å². The molecule has 1 aromatic rings. The molecule has 1 aromatic heterocycles. The molecule has 4 nitrogen and oxygen atoms in total. The van der Waals surface area contributed by atoms with Crippen molar-refractivity contribution >= 4 is 5.82 Å². The minimum atomic E-state index is 0.335. The number of pyridine rings is 1. The molecule has 0 aromatic carbocycles. The summed E-state index contributed by atoms with van der Waals surface area (Å²) in [5.41, 5.74) is 6.11. The standard InChI is InChI=1S/C13H21N3O/c1-17-13-8-4-7-12(16-13)15-9-10-5-2-3-6-11(10)14/h4,7-8,10-11H,2-3,5-6,9,14H2,1H3,(H,15,16). The van der Waals surface area contributed by atoms with Gasteiger partial charge in [0.25, 0.3) is 0 Å². The molecule has 2 atom stereocenters. The Morgan fingerprint density at radius 1 is 1.41 bits per heavy atom. The largest absolute Gasteiger partial charge is 0.481 e. The topological polar surface area (TPSA) is 60.2 Å². The van der Waals surface area contributed by atoms with E-state index in [1.807, 2.05) is 18.2 Å². The van der Waals surface area contributed by atoms with Crippen LogP contribution in [0.25, 0.3) is 0 Å². The summed E-state index contributed by atoms with van der Waals surface area (Å²) in [4.78, 5) is 4.33. The van der Waals surface area contributed by atoms with Gasteiger partial charge in [0.05, 0.1) is 7.11 Å². The van der Waals surface area contributed by atoms with Gasteiger partial charge in [0, 0.05) is 18.7 Å². The molecule has 94 valence electrons. The smallest absolute Gasteiger partial charge is 0.214 e. The molecule has 0 amide bonds. The van der Waals surface area contributed by atoms with Crippen molar-refractivity contribution in [3.8, 4) is 5.88 Å². The molecule has 2 unspecified atom stereocenters. The highest BCUT2D eigenvalue weighted by Gasteiger charge is 2.21. The second-order valence-corrected chi connectivity index (χ2v) is 4.65. The van der Waals surface area contributed by atoms with Gasteiger partial charge in [-0.05, 0) is 24.8 Å². The lowest BCUT2D eigenvalue weighted by molar-refractivity contribution is 0.321. The van der Waals surface area contributed by atoms with Crippen LogP contribution in [0.2, 0.25) is 0 Å². The van der Waals surface area contributed by atoms with Crippen molar-refractivity contribution in [2.24, 2.45) is 11.7 Å². The highest BCUT2D eigenvalue weighted by Crippen LogP contribution is 2.23. The monoisotopic (exact) mass is 235 g/mol. The van der Waals surface area contributed by atoms with Gasteiger partial charge in [0.1, 0.15) is 5.82 Å². The minimum absolute atomic E-state index is 0.335. The first-order valence-corrected chi connectivity index (χ1v) is 6.30.